The largest absolute Gasteiger partial charge is 0.419 e. The van der Waals surface area contributed by atoms with Crippen molar-refractivity contribution in [1.82, 2.24) is 15.5 Å². The van der Waals surface area contributed by atoms with Gasteiger partial charge in [-0.2, -0.15) is 0 Å². The van der Waals surface area contributed by atoms with Gasteiger partial charge < -0.3 is 9.73 Å². The molecule has 1 unspecified atom stereocenters. The van der Waals surface area contributed by atoms with Crippen LogP contribution in [0.4, 0.5) is 0 Å². The number of aromatic nitrogens is 2. The molecule has 1 N–H and O–H groups in total. The van der Waals surface area contributed by atoms with Crippen molar-refractivity contribution in [3.8, 4) is 11.5 Å². The number of hydrogen-bond acceptors (Lipinski definition) is 4. The quantitative estimate of drug-likeness (QED) is 0.915. The highest BCUT2D eigenvalue weighted by molar-refractivity contribution is 5.51. The van der Waals surface area contributed by atoms with Crippen LogP contribution in [0.1, 0.15) is 33.6 Å². The zero-order valence-electron chi connectivity index (χ0n) is 12.0. The van der Waals surface area contributed by atoms with Crippen molar-refractivity contribution in [2.24, 2.45) is 5.41 Å². The summed E-state index contributed by atoms with van der Waals surface area (Å²) in [5.74, 6) is 1.19. The van der Waals surface area contributed by atoms with Crippen molar-refractivity contribution in [3.63, 3.8) is 0 Å². The highest BCUT2D eigenvalue weighted by Gasteiger charge is 2.20. The third-order valence-electron chi connectivity index (χ3n) is 3.35. The van der Waals surface area contributed by atoms with Gasteiger partial charge in [0.05, 0.1) is 6.54 Å². The monoisotopic (exact) mass is 259 g/mol. The van der Waals surface area contributed by atoms with Crippen LogP contribution >= 0.6 is 0 Å². The fourth-order valence-electron chi connectivity index (χ4n) is 1.57. The summed E-state index contributed by atoms with van der Waals surface area (Å²) in [6, 6.07) is 10.2. The van der Waals surface area contributed by atoms with Gasteiger partial charge in [-0.15, -0.1) is 10.2 Å². The summed E-state index contributed by atoms with van der Waals surface area (Å²) in [7, 11) is 0. The van der Waals surface area contributed by atoms with Crippen molar-refractivity contribution < 1.29 is 4.42 Å². The first-order chi connectivity index (χ1) is 8.97. The highest BCUT2D eigenvalue weighted by atomic mass is 16.4. The minimum Gasteiger partial charge on any atom is -0.419 e. The summed E-state index contributed by atoms with van der Waals surface area (Å²) in [4.78, 5) is 0. The van der Waals surface area contributed by atoms with Crippen LogP contribution in [0.5, 0.6) is 0 Å². The van der Waals surface area contributed by atoms with Gasteiger partial charge in [0.25, 0.3) is 0 Å². The maximum atomic E-state index is 5.65. The Hall–Kier alpha value is -1.68. The van der Waals surface area contributed by atoms with E-state index in [4.69, 9.17) is 4.42 Å². The van der Waals surface area contributed by atoms with E-state index in [1.54, 1.807) is 0 Å². The van der Waals surface area contributed by atoms with Crippen LogP contribution in [0.2, 0.25) is 0 Å². The lowest BCUT2D eigenvalue weighted by Crippen LogP contribution is -2.37. The molecule has 0 spiro atoms. The average Bonchev–Trinajstić information content (AvgIpc) is 2.84. The van der Waals surface area contributed by atoms with Crippen molar-refractivity contribution in [2.75, 3.05) is 0 Å². The van der Waals surface area contributed by atoms with Crippen molar-refractivity contribution >= 4 is 0 Å². The van der Waals surface area contributed by atoms with Crippen molar-refractivity contribution in [1.29, 1.82) is 0 Å². The molecule has 0 aliphatic heterocycles. The number of nitrogens with zero attached hydrogens (tertiary/aromatic N) is 2. The Bertz CT molecular complexity index is 514. The standard InChI is InChI=1S/C15H21N3O/c1-11(15(2,3)4)16-10-13-17-18-14(19-13)12-8-6-5-7-9-12/h5-9,11,16H,10H2,1-4H3. The fraction of sp³-hybridized carbons (Fsp3) is 0.467. The van der Waals surface area contributed by atoms with Crippen LogP contribution in [0.15, 0.2) is 34.7 Å². The molecule has 1 aromatic heterocycles. The molecular weight excluding hydrogens is 238 g/mol. The molecule has 0 radical (unpaired) electrons. The Morgan fingerprint density at radius 1 is 1.16 bits per heavy atom. The van der Waals surface area contributed by atoms with E-state index in [2.05, 4.69) is 43.2 Å². The lowest BCUT2D eigenvalue weighted by Gasteiger charge is -2.27. The molecule has 19 heavy (non-hydrogen) atoms. The molecule has 0 saturated heterocycles. The molecule has 2 aromatic rings. The third kappa shape index (κ3) is 3.64. The van der Waals surface area contributed by atoms with Crippen LogP contribution in [0.3, 0.4) is 0 Å². The van der Waals surface area contributed by atoms with Gasteiger partial charge in [-0.05, 0) is 24.5 Å². The molecule has 0 bridgehead atoms. The SMILES string of the molecule is CC(NCc1nnc(-c2ccccc2)o1)C(C)(C)C. The van der Waals surface area contributed by atoms with Crippen molar-refractivity contribution in [3.05, 3.63) is 36.2 Å². The van der Waals surface area contributed by atoms with Gasteiger partial charge in [-0.25, -0.2) is 0 Å². The van der Waals surface area contributed by atoms with Crippen LogP contribution in [-0.4, -0.2) is 16.2 Å². The second kappa shape index (κ2) is 5.53. The molecule has 2 rings (SSSR count). The Morgan fingerprint density at radius 2 is 1.84 bits per heavy atom. The molecule has 0 saturated carbocycles. The minimum atomic E-state index is 0.211. The van der Waals surface area contributed by atoms with E-state index in [9.17, 15) is 0 Å². The Balaban J connectivity index is 1.99. The van der Waals surface area contributed by atoms with Gasteiger partial charge in [-0.3, -0.25) is 0 Å². The first-order valence-corrected chi connectivity index (χ1v) is 6.58. The normalized spacial score (nSPS) is 13.5. The molecule has 1 heterocycles. The topological polar surface area (TPSA) is 51.0 Å². The summed E-state index contributed by atoms with van der Waals surface area (Å²) in [5, 5.41) is 11.5. The molecule has 0 aliphatic carbocycles. The second-order valence-electron chi connectivity index (χ2n) is 5.84. The Morgan fingerprint density at radius 3 is 2.47 bits per heavy atom. The van der Waals surface area contributed by atoms with E-state index in [0.717, 1.165) is 5.56 Å². The molecule has 0 fully saturated rings. The van der Waals surface area contributed by atoms with E-state index < -0.39 is 0 Å². The van der Waals surface area contributed by atoms with E-state index in [1.165, 1.54) is 0 Å². The number of nitrogens with one attached hydrogen (secondary N) is 1. The lowest BCUT2D eigenvalue weighted by atomic mass is 9.88. The van der Waals surface area contributed by atoms with Gasteiger partial charge in [0.15, 0.2) is 0 Å². The maximum Gasteiger partial charge on any atom is 0.247 e. The van der Waals surface area contributed by atoms with E-state index in [1.807, 2.05) is 30.3 Å². The second-order valence-corrected chi connectivity index (χ2v) is 5.84. The van der Waals surface area contributed by atoms with Gasteiger partial charge in [0, 0.05) is 11.6 Å². The first-order valence-electron chi connectivity index (χ1n) is 6.58. The first kappa shape index (κ1) is 13.7. The summed E-state index contributed by atoms with van der Waals surface area (Å²) >= 11 is 0. The highest BCUT2D eigenvalue weighted by Crippen LogP contribution is 2.20. The number of rotatable bonds is 4. The van der Waals surface area contributed by atoms with Gasteiger partial charge in [0.1, 0.15) is 0 Å². The maximum absolute atomic E-state index is 5.65. The molecule has 1 aromatic carbocycles. The Kier molecular flexibility index (Phi) is 4.00. The van der Waals surface area contributed by atoms with Crippen molar-refractivity contribution in [2.45, 2.75) is 40.3 Å². The molecule has 4 heteroatoms. The molecule has 1 atom stereocenters. The van der Waals surface area contributed by atoms with E-state index >= 15 is 0 Å². The van der Waals surface area contributed by atoms with E-state index in [0.29, 0.717) is 24.4 Å². The molecule has 102 valence electrons. The lowest BCUT2D eigenvalue weighted by molar-refractivity contribution is 0.277. The van der Waals surface area contributed by atoms with Gasteiger partial charge >= 0.3 is 0 Å². The summed E-state index contributed by atoms with van der Waals surface area (Å²) in [6.45, 7) is 9.36. The average molecular weight is 259 g/mol. The predicted octanol–water partition coefficient (Wildman–Crippen LogP) is 3.26. The van der Waals surface area contributed by atoms with Gasteiger partial charge in [-0.1, -0.05) is 39.0 Å². The van der Waals surface area contributed by atoms with Crippen LogP contribution in [0.25, 0.3) is 11.5 Å². The third-order valence-corrected chi connectivity index (χ3v) is 3.35. The predicted molar refractivity (Wildman–Crippen MR) is 75.5 cm³/mol. The van der Waals surface area contributed by atoms with Crippen LogP contribution < -0.4 is 5.32 Å². The number of hydrogen-bond donors (Lipinski definition) is 1. The van der Waals surface area contributed by atoms with Crippen LogP contribution in [0, 0.1) is 5.41 Å². The number of benzene rings is 1. The summed E-state index contributed by atoms with van der Waals surface area (Å²) < 4.78 is 5.65. The fourth-order valence-corrected chi connectivity index (χ4v) is 1.57. The minimum absolute atomic E-state index is 0.211. The van der Waals surface area contributed by atoms with Crippen LogP contribution in [-0.2, 0) is 6.54 Å². The molecule has 0 aliphatic rings. The molecule has 0 amide bonds. The van der Waals surface area contributed by atoms with E-state index in [-0.39, 0.29) is 5.41 Å². The zero-order chi connectivity index (χ0) is 13.9. The molecule has 4 nitrogen and oxygen atoms in total. The summed E-state index contributed by atoms with van der Waals surface area (Å²) in [6.07, 6.45) is 0. The zero-order valence-corrected chi connectivity index (χ0v) is 12.0. The summed E-state index contributed by atoms with van der Waals surface area (Å²) in [5.41, 5.74) is 1.16. The Labute approximate surface area is 114 Å². The van der Waals surface area contributed by atoms with Gasteiger partial charge in [0.2, 0.25) is 11.8 Å². The smallest absolute Gasteiger partial charge is 0.247 e. The molecular formula is C15H21N3O.